The summed E-state index contributed by atoms with van der Waals surface area (Å²) in [7, 11) is -3.57. The molecule has 2 aromatic carbocycles. The maximum absolute atomic E-state index is 13.6. The van der Waals surface area contributed by atoms with Crippen LogP contribution < -0.4 is 9.62 Å². The number of hydrogen-bond acceptors (Lipinski definition) is 4. The normalized spacial score (nSPS) is 12.2. The number of halogens is 2. The Labute approximate surface area is 237 Å². The number of benzene rings is 2. The van der Waals surface area contributed by atoms with Gasteiger partial charge in [0.15, 0.2) is 0 Å². The number of anilines is 1. The summed E-state index contributed by atoms with van der Waals surface area (Å²) in [6.45, 7) is 8.45. The van der Waals surface area contributed by atoms with Crippen LogP contribution in [0.1, 0.15) is 62.6 Å². The van der Waals surface area contributed by atoms with Crippen LogP contribution in [0.25, 0.3) is 0 Å². The van der Waals surface area contributed by atoms with Gasteiger partial charge in [0.2, 0.25) is 21.8 Å². The van der Waals surface area contributed by atoms with Gasteiger partial charge >= 0.3 is 0 Å². The minimum absolute atomic E-state index is 0.0532. The second-order valence-corrected chi connectivity index (χ2v) is 12.3. The first-order valence-corrected chi connectivity index (χ1v) is 15.6. The molecule has 0 spiro atoms. The molecular formula is C28H39Cl2N3O4S. The molecule has 0 aromatic heterocycles. The molecule has 7 nitrogen and oxygen atoms in total. The molecule has 0 saturated carbocycles. The van der Waals surface area contributed by atoms with Crippen molar-refractivity contribution in [2.75, 3.05) is 23.7 Å². The molecular weight excluding hydrogens is 545 g/mol. The number of aryl methyl sites for hydroxylation is 2. The molecule has 38 heavy (non-hydrogen) atoms. The smallest absolute Gasteiger partial charge is 0.242 e. The Hall–Kier alpha value is -2.29. The zero-order chi connectivity index (χ0) is 28.5. The monoisotopic (exact) mass is 583 g/mol. The van der Waals surface area contributed by atoms with E-state index in [-0.39, 0.29) is 37.7 Å². The average molecular weight is 585 g/mol. The molecule has 10 heteroatoms. The van der Waals surface area contributed by atoms with E-state index in [4.69, 9.17) is 23.2 Å². The maximum atomic E-state index is 13.6. The fourth-order valence-corrected chi connectivity index (χ4v) is 5.84. The summed E-state index contributed by atoms with van der Waals surface area (Å²) in [5.74, 6) is -0.502. The van der Waals surface area contributed by atoms with Crippen LogP contribution in [0.4, 0.5) is 5.69 Å². The van der Waals surface area contributed by atoms with Crippen molar-refractivity contribution in [3.63, 3.8) is 0 Å². The first-order valence-electron chi connectivity index (χ1n) is 12.9. The number of amides is 2. The predicted octanol–water partition coefficient (Wildman–Crippen LogP) is 5.88. The Morgan fingerprint density at radius 3 is 2.13 bits per heavy atom. The van der Waals surface area contributed by atoms with Crippen molar-refractivity contribution >= 4 is 50.7 Å². The highest BCUT2D eigenvalue weighted by Crippen LogP contribution is 2.28. The van der Waals surface area contributed by atoms with Crippen molar-refractivity contribution < 1.29 is 18.0 Å². The van der Waals surface area contributed by atoms with Gasteiger partial charge in [-0.1, -0.05) is 55.6 Å². The van der Waals surface area contributed by atoms with Crippen LogP contribution in [0, 0.1) is 13.8 Å². The molecule has 0 unspecified atom stereocenters. The van der Waals surface area contributed by atoms with Crippen molar-refractivity contribution in [3.05, 3.63) is 63.1 Å². The van der Waals surface area contributed by atoms with E-state index in [1.165, 1.54) is 9.21 Å². The average Bonchev–Trinajstić information content (AvgIpc) is 2.82. The van der Waals surface area contributed by atoms with E-state index in [1.807, 2.05) is 45.9 Å². The second kappa shape index (κ2) is 14.8. The standard InChI is InChI=1S/C28H39Cl2N3O4S/c1-6-8-14-31-28(35)26(7-2)32(19-23-24(29)11-9-12-25(23)30)27(34)13-10-15-33(38(5,36)37)22-17-20(3)16-21(4)18-22/h9,11-12,16-18,26H,6-8,10,13-15,19H2,1-5H3,(H,31,35)/t26-/m1/s1. The van der Waals surface area contributed by atoms with Gasteiger partial charge in [-0.3, -0.25) is 13.9 Å². The van der Waals surface area contributed by atoms with Gasteiger partial charge in [0.1, 0.15) is 6.04 Å². The maximum Gasteiger partial charge on any atom is 0.242 e. The van der Waals surface area contributed by atoms with E-state index in [9.17, 15) is 18.0 Å². The van der Waals surface area contributed by atoms with Gasteiger partial charge in [0.25, 0.3) is 0 Å². The van der Waals surface area contributed by atoms with Crippen molar-refractivity contribution in [1.82, 2.24) is 10.2 Å². The molecule has 0 aliphatic heterocycles. The van der Waals surface area contributed by atoms with Crippen molar-refractivity contribution in [2.45, 2.75) is 72.4 Å². The summed E-state index contributed by atoms with van der Waals surface area (Å²) in [5.41, 5.74) is 3.04. The van der Waals surface area contributed by atoms with Crippen LogP contribution in [0.3, 0.4) is 0 Å². The molecule has 2 amide bonds. The van der Waals surface area contributed by atoms with E-state index in [1.54, 1.807) is 18.2 Å². The van der Waals surface area contributed by atoms with Crippen LogP contribution >= 0.6 is 23.2 Å². The Kier molecular flexibility index (Phi) is 12.4. The molecule has 0 bridgehead atoms. The molecule has 0 aliphatic carbocycles. The van der Waals surface area contributed by atoms with Crippen LogP contribution in [0.15, 0.2) is 36.4 Å². The lowest BCUT2D eigenvalue weighted by Gasteiger charge is -2.31. The number of unbranched alkanes of at least 4 members (excludes halogenated alkanes) is 1. The molecule has 2 rings (SSSR count). The summed E-state index contributed by atoms with van der Waals surface area (Å²) in [4.78, 5) is 28.1. The summed E-state index contributed by atoms with van der Waals surface area (Å²) in [5, 5.41) is 3.75. The van der Waals surface area contributed by atoms with Gasteiger partial charge in [0.05, 0.1) is 11.9 Å². The lowest BCUT2D eigenvalue weighted by molar-refractivity contribution is -0.141. The SMILES string of the molecule is CCCCNC(=O)[C@@H](CC)N(Cc1c(Cl)cccc1Cl)C(=O)CCCN(c1cc(C)cc(C)c1)S(C)(=O)=O. The number of rotatable bonds is 14. The molecule has 0 saturated heterocycles. The Morgan fingerprint density at radius 2 is 1.61 bits per heavy atom. The number of carbonyl (C=O) groups is 2. The van der Waals surface area contributed by atoms with Crippen molar-refractivity contribution in [1.29, 1.82) is 0 Å². The Bertz CT molecular complexity index is 1180. The van der Waals surface area contributed by atoms with Crippen molar-refractivity contribution in [2.24, 2.45) is 0 Å². The molecule has 1 N–H and O–H groups in total. The quantitative estimate of drug-likeness (QED) is 0.281. The van der Waals surface area contributed by atoms with Crippen LogP contribution in [0.5, 0.6) is 0 Å². The zero-order valence-electron chi connectivity index (χ0n) is 22.9. The number of carbonyl (C=O) groups excluding carboxylic acids is 2. The molecule has 0 heterocycles. The summed E-state index contributed by atoms with van der Waals surface area (Å²) in [6, 6.07) is 10.0. The molecule has 210 valence electrons. The third-order valence-electron chi connectivity index (χ3n) is 6.25. The fraction of sp³-hybridized carbons (Fsp3) is 0.500. The molecule has 0 aliphatic rings. The van der Waals surface area contributed by atoms with Gasteiger partial charge in [0, 0.05) is 41.7 Å². The lowest BCUT2D eigenvalue weighted by atomic mass is 10.1. The van der Waals surface area contributed by atoms with Crippen LogP contribution in [0.2, 0.25) is 10.0 Å². The highest BCUT2D eigenvalue weighted by Gasteiger charge is 2.30. The predicted molar refractivity (Wildman–Crippen MR) is 156 cm³/mol. The first-order chi connectivity index (χ1) is 17.9. The number of hydrogen-bond donors (Lipinski definition) is 1. The van der Waals surface area contributed by atoms with Gasteiger partial charge in [-0.15, -0.1) is 0 Å². The Morgan fingerprint density at radius 1 is 1.00 bits per heavy atom. The topological polar surface area (TPSA) is 86.8 Å². The molecule has 1 atom stereocenters. The van der Waals surface area contributed by atoms with Crippen LogP contribution in [-0.2, 0) is 26.2 Å². The number of nitrogens with one attached hydrogen (secondary N) is 1. The molecule has 0 radical (unpaired) electrons. The lowest BCUT2D eigenvalue weighted by Crippen LogP contribution is -2.49. The Balaban J connectivity index is 2.28. The third kappa shape index (κ3) is 9.17. The van der Waals surface area contributed by atoms with E-state index in [2.05, 4.69) is 5.32 Å². The van der Waals surface area contributed by atoms with Gasteiger partial charge in [-0.2, -0.15) is 0 Å². The third-order valence-corrected chi connectivity index (χ3v) is 8.15. The van der Waals surface area contributed by atoms with Crippen molar-refractivity contribution in [3.8, 4) is 0 Å². The minimum atomic E-state index is -3.57. The van der Waals surface area contributed by atoms with E-state index in [0.29, 0.717) is 34.3 Å². The van der Waals surface area contributed by atoms with E-state index >= 15 is 0 Å². The molecule has 0 fully saturated rings. The molecule has 2 aromatic rings. The summed E-state index contributed by atoms with van der Waals surface area (Å²) >= 11 is 12.8. The number of nitrogens with zero attached hydrogens (tertiary/aromatic N) is 2. The summed E-state index contributed by atoms with van der Waals surface area (Å²) < 4.78 is 26.5. The fourth-order valence-electron chi connectivity index (χ4n) is 4.38. The number of sulfonamides is 1. The van der Waals surface area contributed by atoms with Crippen LogP contribution in [-0.4, -0.2) is 50.5 Å². The van der Waals surface area contributed by atoms with Gasteiger partial charge in [-0.25, -0.2) is 8.42 Å². The summed E-state index contributed by atoms with van der Waals surface area (Å²) in [6.07, 6.45) is 3.67. The van der Waals surface area contributed by atoms with Gasteiger partial charge < -0.3 is 10.2 Å². The zero-order valence-corrected chi connectivity index (χ0v) is 25.2. The largest absolute Gasteiger partial charge is 0.354 e. The minimum Gasteiger partial charge on any atom is -0.354 e. The van der Waals surface area contributed by atoms with E-state index < -0.39 is 16.1 Å². The highest BCUT2D eigenvalue weighted by molar-refractivity contribution is 7.92. The highest BCUT2D eigenvalue weighted by atomic mass is 35.5. The van der Waals surface area contributed by atoms with Gasteiger partial charge in [-0.05, 0) is 68.5 Å². The second-order valence-electron chi connectivity index (χ2n) is 9.58. The first kappa shape index (κ1) is 31.9. The van der Waals surface area contributed by atoms with E-state index in [0.717, 1.165) is 30.2 Å².